The van der Waals surface area contributed by atoms with Gasteiger partial charge in [0.05, 0.1) is 21.3 Å². The molecule has 23 heavy (non-hydrogen) atoms. The van der Waals surface area contributed by atoms with Crippen molar-refractivity contribution >= 4 is 19.4 Å². The van der Waals surface area contributed by atoms with Crippen LogP contribution >= 0.6 is 8.58 Å². The Morgan fingerprint density at radius 1 is 0.913 bits per heavy atom. The SMILES string of the molecule is COc1cc(OC)c(C(=O)Pc2cc(C)ccc2C)c(OC)c1. The van der Waals surface area contributed by atoms with Crippen molar-refractivity contribution in [2.45, 2.75) is 13.8 Å². The van der Waals surface area contributed by atoms with Crippen LogP contribution in [-0.2, 0) is 0 Å². The molecule has 2 aromatic rings. The molecule has 1 atom stereocenters. The molecule has 122 valence electrons. The van der Waals surface area contributed by atoms with Crippen LogP contribution in [0.5, 0.6) is 17.2 Å². The summed E-state index contributed by atoms with van der Waals surface area (Å²) in [6, 6.07) is 9.52. The van der Waals surface area contributed by atoms with E-state index in [4.69, 9.17) is 14.2 Å². The molecule has 0 saturated heterocycles. The third-order valence-corrected chi connectivity index (χ3v) is 4.87. The topological polar surface area (TPSA) is 44.8 Å². The molecule has 0 heterocycles. The first-order chi connectivity index (χ1) is 11.0. The lowest BCUT2D eigenvalue weighted by molar-refractivity contribution is 0.108. The zero-order valence-electron chi connectivity index (χ0n) is 14.0. The second kappa shape index (κ2) is 7.47. The molecule has 0 aromatic heterocycles. The van der Waals surface area contributed by atoms with Crippen LogP contribution < -0.4 is 19.5 Å². The summed E-state index contributed by atoms with van der Waals surface area (Å²) in [5, 5.41) is 1.04. The second-order valence-electron chi connectivity index (χ2n) is 5.18. The highest BCUT2D eigenvalue weighted by Gasteiger charge is 2.21. The fourth-order valence-electron chi connectivity index (χ4n) is 2.28. The van der Waals surface area contributed by atoms with E-state index in [1.165, 1.54) is 14.2 Å². The normalized spacial score (nSPS) is 10.8. The Morgan fingerprint density at radius 2 is 1.52 bits per heavy atom. The molecule has 0 fully saturated rings. The number of ether oxygens (including phenoxy) is 3. The summed E-state index contributed by atoms with van der Waals surface area (Å²) in [6.45, 7) is 4.03. The maximum absolute atomic E-state index is 12.8. The minimum Gasteiger partial charge on any atom is -0.496 e. The van der Waals surface area contributed by atoms with E-state index in [0.29, 0.717) is 22.8 Å². The van der Waals surface area contributed by atoms with Crippen LogP contribution in [0, 0.1) is 13.8 Å². The summed E-state index contributed by atoms with van der Waals surface area (Å²) in [7, 11) is 4.64. The van der Waals surface area contributed by atoms with E-state index in [1.54, 1.807) is 19.2 Å². The van der Waals surface area contributed by atoms with Crippen LogP contribution in [0.4, 0.5) is 0 Å². The molecule has 2 aromatic carbocycles. The average molecular weight is 332 g/mol. The number of hydrogen-bond acceptors (Lipinski definition) is 4. The van der Waals surface area contributed by atoms with Gasteiger partial charge in [-0.15, -0.1) is 0 Å². The maximum atomic E-state index is 12.8. The van der Waals surface area contributed by atoms with Gasteiger partial charge in [-0.25, -0.2) is 0 Å². The molecule has 0 spiro atoms. The molecule has 2 rings (SSSR count). The van der Waals surface area contributed by atoms with Gasteiger partial charge in [-0.2, -0.15) is 0 Å². The Hall–Kier alpha value is -2.06. The van der Waals surface area contributed by atoms with Gasteiger partial charge in [0.15, 0.2) is 5.52 Å². The molecule has 0 N–H and O–H groups in total. The van der Waals surface area contributed by atoms with Crippen molar-refractivity contribution in [3.8, 4) is 17.2 Å². The first kappa shape index (κ1) is 17.3. The third-order valence-electron chi connectivity index (χ3n) is 3.58. The Morgan fingerprint density at radius 3 is 2.04 bits per heavy atom. The molecule has 0 saturated carbocycles. The molecular formula is C18H21O4P. The quantitative estimate of drug-likeness (QED) is 0.760. The lowest BCUT2D eigenvalue weighted by Crippen LogP contribution is -2.08. The summed E-state index contributed by atoms with van der Waals surface area (Å²) >= 11 is 0. The van der Waals surface area contributed by atoms with Gasteiger partial charge >= 0.3 is 0 Å². The van der Waals surface area contributed by atoms with Crippen LogP contribution in [0.1, 0.15) is 21.5 Å². The molecule has 1 unspecified atom stereocenters. The molecule has 4 nitrogen and oxygen atoms in total. The van der Waals surface area contributed by atoms with Gasteiger partial charge in [0.2, 0.25) is 0 Å². The van der Waals surface area contributed by atoms with Crippen LogP contribution in [-0.4, -0.2) is 26.9 Å². The Balaban J connectivity index is 2.44. The Labute approximate surface area is 138 Å². The summed E-state index contributed by atoms with van der Waals surface area (Å²) in [6.07, 6.45) is 0. The smallest absolute Gasteiger partial charge is 0.193 e. The summed E-state index contributed by atoms with van der Waals surface area (Å²) in [5.41, 5.74) is 2.68. The zero-order valence-corrected chi connectivity index (χ0v) is 15.0. The van der Waals surface area contributed by atoms with Crippen LogP contribution in [0.15, 0.2) is 30.3 Å². The highest BCUT2D eigenvalue weighted by atomic mass is 31.1. The van der Waals surface area contributed by atoms with Crippen LogP contribution in [0.2, 0.25) is 0 Å². The van der Waals surface area contributed by atoms with Crippen molar-refractivity contribution in [1.82, 2.24) is 0 Å². The zero-order chi connectivity index (χ0) is 17.0. The van der Waals surface area contributed by atoms with E-state index in [-0.39, 0.29) is 14.1 Å². The Kier molecular flexibility index (Phi) is 5.62. The van der Waals surface area contributed by atoms with Gasteiger partial charge in [0.1, 0.15) is 22.8 Å². The molecular weight excluding hydrogens is 311 g/mol. The van der Waals surface area contributed by atoms with Gasteiger partial charge in [0, 0.05) is 12.1 Å². The van der Waals surface area contributed by atoms with Crippen molar-refractivity contribution in [1.29, 1.82) is 0 Å². The fourth-order valence-corrected chi connectivity index (χ4v) is 3.48. The number of hydrogen-bond donors (Lipinski definition) is 0. The fraction of sp³-hybridized carbons (Fsp3) is 0.278. The largest absolute Gasteiger partial charge is 0.496 e. The summed E-state index contributed by atoms with van der Waals surface area (Å²) in [5.74, 6) is 1.51. The number of methoxy groups -OCH3 is 3. The summed E-state index contributed by atoms with van der Waals surface area (Å²) < 4.78 is 16.0. The number of carbonyl (C=O) groups is 1. The maximum Gasteiger partial charge on any atom is 0.193 e. The number of aryl methyl sites for hydroxylation is 2. The molecule has 0 aliphatic heterocycles. The monoisotopic (exact) mass is 332 g/mol. The van der Waals surface area contributed by atoms with E-state index in [9.17, 15) is 4.79 Å². The number of benzene rings is 2. The van der Waals surface area contributed by atoms with E-state index >= 15 is 0 Å². The molecule has 5 heteroatoms. The minimum atomic E-state index is -0.0185. The van der Waals surface area contributed by atoms with Gasteiger partial charge in [-0.3, -0.25) is 4.79 Å². The molecule has 0 aliphatic rings. The lowest BCUT2D eigenvalue weighted by atomic mass is 10.2. The first-order valence-corrected chi connectivity index (χ1v) is 8.18. The standard InChI is InChI=1S/C18H21O4P/c1-11-6-7-12(2)16(8-11)23-18(19)17-14(21-4)9-13(20-3)10-15(17)22-5/h6-10,23H,1-5H3. The van der Waals surface area contributed by atoms with Gasteiger partial charge in [-0.05, 0) is 33.3 Å². The van der Waals surface area contributed by atoms with Crippen LogP contribution in [0.25, 0.3) is 0 Å². The van der Waals surface area contributed by atoms with E-state index in [2.05, 4.69) is 0 Å². The van der Waals surface area contributed by atoms with Crippen molar-refractivity contribution in [3.05, 3.63) is 47.0 Å². The average Bonchev–Trinajstić information content (AvgIpc) is 2.56. The van der Waals surface area contributed by atoms with Crippen molar-refractivity contribution < 1.29 is 19.0 Å². The Bertz CT molecular complexity index is 700. The van der Waals surface area contributed by atoms with E-state index < -0.39 is 0 Å². The second-order valence-corrected chi connectivity index (χ2v) is 6.42. The molecule has 0 aliphatic carbocycles. The predicted molar refractivity (Wildman–Crippen MR) is 94.3 cm³/mol. The third kappa shape index (κ3) is 3.83. The van der Waals surface area contributed by atoms with Gasteiger partial charge < -0.3 is 14.2 Å². The minimum absolute atomic E-state index is 0.00748. The number of rotatable bonds is 6. The van der Waals surface area contributed by atoms with E-state index in [1.807, 2.05) is 32.0 Å². The van der Waals surface area contributed by atoms with Crippen molar-refractivity contribution in [2.75, 3.05) is 21.3 Å². The molecule has 0 radical (unpaired) electrons. The molecule has 0 bridgehead atoms. The predicted octanol–water partition coefficient (Wildman–Crippen LogP) is 3.47. The van der Waals surface area contributed by atoms with Gasteiger partial charge in [-0.1, -0.05) is 23.8 Å². The van der Waals surface area contributed by atoms with Crippen molar-refractivity contribution in [2.24, 2.45) is 0 Å². The highest BCUT2D eigenvalue weighted by molar-refractivity contribution is 7.66. The van der Waals surface area contributed by atoms with E-state index in [0.717, 1.165) is 16.4 Å². The van der Waals surface area contributed by atoms with Gasteiger partial charge in [0.25, 0.3) is 0 Å². The van der Waals surface area contributed by atoms with Crippen LogP contribution in [0.3, 0.4) is 0 Å². The number of carbonyl (C=O) groups excluding carboxylic acids is 1. The first-order valence-electron chi connectivity index (χ1n) is 7.18. The van der Waals surface area contributed by atoms with Crippen molar-refractivity contribution in [3.63, 3.8) is 0 Å². The summed E-state index contributed by atoms with van der Waals surface area (Å²) in [4.78, 5) is 12.8. The highest BCUT2D eigenvalue weighted by Crippen LogP contribution is 2.38. The molecule has 0 amide bonds. The lowest BCUT2D eigenvalue weighted by Gasteiger charge is -2.15.